The first-order valence-electron chi connectivity index (χ1n) is 3.23. The highest BCUT2D eigenvalue weighted by atomic mass is 16.3. The summed E-state index contributed by atoms with van der Waals surface area (Å²) in [6, 6.07) is 7.14. The summed E-state index contributed by atoms with van der Waals surface area (Å²) >= 11 is 0. The van der Waals surface area contributed by atoms with Crippen LogP contribution in [-0.2, 0) is 6.61 Å². The molecule has 0 bridgehead atoms. The quantitative estimate of drug-likeness (QED) is 0.513. The molecule has 4 N–H and O–H groups in total. The smallest absolute Gasteiger partial charge is 0.0681 e. The van der Waals surface area contributed by atoms with Crippen molar-refractivity contribution in [3.05, 3.63) is 29.8 Å². The zero-order valence-corrected chi connectivity index (χ0v) is 6.49. The SMILES string of the molecule is CO.Nc1ccc(CO)cc1. The molecule has 0 saturated heterocycles. The summed E-state index contributed by atoms with van der Waals surface area (Å²) < 4.78 is 0. The van der Waals surface area contributed by atoms with E-state index in [0.717, 1.165) is 18.4 Å². The molecule has 0 aliphatic heterocycles. The van der Waals surface area contributed by atoms with E-state index in [1.807, 2.05) is 0 Å². The molecular weight excluding hydrogens is 142 g/mol. The molecule has 0 aliphatic carbocycles. The van der Waals surface area contributed by atoms with Gasteiger partial charge in [0.2, 0.25) is 0 Å². The summed E-state index contributed by atoms with van der Waals surface area (Å²) in [6.45, 7) is 0.0836. The Kier molecular flexibility index (Phi) is 5.15. The van der Waals surface area contributed by atoms with Crippen molar-refractivity contribution in [3.63, 3.8) is 0 Å². The molecule has 0 aliphatic rings. The van der Waals surface area contributed by atoms with E-state index >= 15 is 0 Å². The van der Waals surface area contributed by atoms with Gasteiger partial charge in [0.15, 0.2) is 0 Å². The lowest BCUT2D eigenvalue weighted by Gasteiger charge is -1.94. The number of aliphatic hydroxyl groups is 2. The molecule has 1 aromatic rings. The summed E-state index contributed by atoms with van der Waals surface area (Å²) in [5.74, 6) is 0. The molecule has 0 amide bonds. The highest BCUT2D eigenvalue weighted by Crippen LogP contribution is 2.03. The van der Waals surface area contributed by atoms with E-state index in [-0.39, 0.29) is 6.61 Å². The van der Waals surface area contributed by atoms with Gasteiger partial charge >= 0.3 is 0 Å². The number of anilines is 1. The molecule has 0 saturated carbocycles. The molecule has 1 rings (SSSR count). The van der Waals surface area contributed by atoms with Crippen molar-refractivity contribution in [2.45, 2.75) is 6.61 Å². The highest BCUT2D eigenvalue weighted by molar-refractivity contribution is 5.38. The van der Waals surface area contributed by atoms with Crippen LogP contribution in [0.3, 0.4) is 0 Å². The van der Waals surface area contributed by atoms with Crippen LogP contribution in [0.15, 0.2) is 24.3 Å². The Hall–Kier alpha value is -1.06. The van der Waals surface area contributed by atoms with E-state index < -0.39 is 0 Å². The summed E-state index contributed by atoms with van der Waals surface area (Å²) in [5.41, 5.74) is 7.02. The first kappa shape index (κ1) is 9.94. The van der Waals surface area contributed by atoms with Crippen molar-refractivity contribution < 1.29 is 10.2 Å². The van der Waals surface area contributed by atoms with E-state index in [0.29, 0.717) is 0 Å². The van der Waals surface area contributed by atoms with E-state index in [1.54, 1.807) is 24.3 Å². The van der Waals surface area contributed by atoms with Gasteiger partial charge in [0.05, 0.1) is 6.61 Å². The highest BCUT2D eigenvalue weighted by Gasteiger charge is 1.86. The van der Waals surface area contributed by atoms with Gasteiger partial charge in [-0.1, -0.05) is 12.1 Å². The predicted molar refractivity (Wildman–Crippen MR) is 44.9 cm³/mol. The Morgan fingerprint density at radius 1 is 1.18 bits per heavy atom. The van der Waals surface area contributed by atoms with Gasteiger partial charge in [0.1, 0.15) is 0 Å². The van der Waals surface area contributed by atoms with Crippen molar-refractivity contribution in [2.24, 2.45) is 0 Å². The number of rotatable bonds is 1. The van der Waals surface area contributed by atoms with Crippen LogP contribution in [0.4, 0.5) is 5.69 Å². The zero-order chi connectivity index (χ0) is 8.69. The number of nitrogens with two attached hydrogens (primary N) is 1. The van der Waals surface area contributed by atoms with Crippen molar-refractivity contribution >= 4 is 5.69 Å². The van der Waals surface area contributed by atoms with Gasteiger partial charge in [-0.25, -0.2) is 0 Å². The van der Waals surface area contributed by atoms with Gasteiger partial charge in [-0.15, -0.1) is 0 Å². The van der Waals surface area contributed by atoms with Crippen LogP contribution >= 0.6 is 0 Å². The number of aliphatic hydroxyl groups excluding tert-OH is 2. The third kappa shape index (κ3) is 3.60. The lowest BCUT2D eigenvalue weighted by Crippen LogP contribution is -1.85. The molecule has 0 fully saturated rings. The fourth-order valence-corrected chi connectivity index (χ4v) is 0.623. The van der Waals surface area contributed by atoms with Crippen LogP contribution in [0.5, 0.6) is 0 Å². The van der Waals surface area contributed by atoms with Crippen LogP contribution in [0, 0.1) is 0 Å². The van der Waals surface area contributed by atoms with E-state index in [1.165, 1.54) is 0 Å². The van der Waals surface area contributed by atoms with Gasteiger partial charge in [-0.3, -0.25) is 0 Å². The predicted octanol–water partition coefficient (Wildman–Crippen LogP) is 0.370. The maximum absolute atomic E-state index is 8.59. The van der Waals surface area contributed by atoms with Crippen LogP contribution in [0.25, 0.3) is 0 Å². The molecule has 0 atom stereocenters. The summed E-state index contributed by atoms with van der Waals surface area (Å²) in [4.78, 5) is 0. The normalized spacial score (nSPS) is 8.27. The summed E-state index contributed by atoms with van der Waals surface area (Å²) in [5, 5.41) is 15.6. The monoisotopic (exact) mass is 155 g/mol. The van der Waals surface area contributed by atoms with Gasteiger partial charge in [0.25, 0.3) is 0 Å². The Morgan fingerprint density at radius 2 is 1.64 bits per heavy atom. The first-order chi connectivity index (χ1) is 5.33. The number of nitrogen functional groups attached to an aromatic ring is 1. The third-order valence-corrected chi connectivity index (χ3v) is 1.16. The van der Waals surface area contributed by atoms with Gasteiger partial charge in [0, 0.05) is 12.8 Å². The van der Waals surface area contributed by atoms with E-state index in [9.17, 15) is 0 Å². The van der Waals surface area contributed by atoms with Crippen LogP contribution in [-0.4, -0.2) is 17.3 Å². The van der Waals surface area contributed by atoms with Crippen molar-refractivity contribution in [2.75, 3.05) is 12.8 Å². The van der Waals surface area contributed by atoms with Crippen molar-refractivity contribution in [3.8, 4) is 0 Å². The number of hydrogen-bond donors (Lipinski definition) is 3. The van der Waals surface area contributed by atoms with Crippen molar-refractivity contribution in [1.29, 1.82) is 0 Å². The minimum atomic E-state index is 0.0836. The number of hydrogen-bond acceptors (Lipinski definition) is 3. The van der Waals surface area contributed by atoms with E-state index in [2.05, 4.69) is 0 Å². The number of benzene rings is 1. The topological polar surface area (TPSA) is 66.5 Å². The minimum absolute atomic E-state index is 0.0836. The van der Waals surface area contributed by atoms with Gasteiger partial charge < -0.3 is 15.9 Å². The van der Waals surface area contributed by atoms with Gasteiger partial charge in [-0.05, 0) is 17.7 Å². The second-order valence-corrected chi connectivity index (χ2v) is 1.90. The molecule has 11 heavy (non-hydrogen) atoms. The zero-order valence-electron chi connectivity index (χ0n) is 6.49. The molecule has 0 radical (unpaired) electrons. The molecule has 0 spiro atoms. The van der Waals surface area contributed by atoms with Crippen LogP contribution in [0.2, 0.25) is 0 Å². The summed E-state index contributed by atoms with van der Waals surface area (Å²) in [7, 11) is 1.00. The largest absolute Gasteiger partial charge is 0.400 e. The lowest BCUT2D eigenvalue weighted by molar-refractivity contribution is 0.282. The Labute approximate surface area is 66.1 Å². The molecule has 3 heteroatoms. The van der Waals surface area contributed by atoms with E-state index in [4.69, 9.17) is 15.9 Å². The first-order valence-corrected chi connectivity index (χ1v) is 3.23. The second kappa shape index (κ2) is 5.70. The van der Waals surface area contributed by atoms with Crippen molar-refractivity contribution in [1.82, 2.24) is 0 Å². The third-order valence-electron chi connectivity index (χ3n) is 1.16. The Morgan fingerprint density at radius 3 is 2.00 bits per heavy atom. The maximum Gasteiger partial charge on any atom is 0.0681 e. The summed E-state index contributed by atoms with van der Waals surface area (Å²) in [6.07, 6.45) is 0. The average molecular weight is 155 g/mol. The van der Waals surface area contributed by atoms with Crippen LogP contribution in [0.1, 0.15) is 5.56 Å². The molecule has 1 aromatic carbocycles. The molecule has 3 nitrogen and oxygen atoms in total. The van der Waals surface area contributed by atoms with Crippen LogP contribution < -0.4 is 5.73 Å². The second-order valence-electron chi connectivity index (χ2n) is 1.90. The standard InChI is InChI=1S/C7H9NO.CH4O/c8-7-3-1-6(5-9)2-4-7;1-2/h1-4,9H,5,8H2;2H,1H3. The Balaban J connectivity index is 0.000000461. The molecule has 62 valence electrons. The minimum Gasteiger partial charge on any atom is -0.400 e. The molecule has 0 unspecified atom stereocenters. The Bertz CT molecular complexity index is 184. The average Bonchev–Trinajstić information content (AvgIpc) is 2.10. The lowest BCUT2D eigenvalue weighted by atomic mass is 10.2. The molecule has 0 aromatic heterocycles. The molecule has 0 heterocycles. The maximum atomic E-state index is 8.59. The fraction of sp³-hybridized carbons (Fsp3) is 0.250. The fourth-order valence-electron chi connectivity index (χ4n) is 0.623. The van der Waals surface area contributed by atoms with Gasteiger partial charge in [-0.2, -0.15) is 0 Å². The molecular formula is C8H13NO2.